The molecule has 0 spiro atoms. The summed E-state index contributed by atoms with van der Waals surface area (Å²) in [6.07, 6.45) is 1.60. The number of likely N-dealkylation sites (N-methyl/N-ethyl adjacent to an activating group) is 1. The predicted molar refractivity (Wildman–Crippen MR) is 156 cm³/mol. The Hall–Kier alpha value is -2.63. The van der Waals surface area contributed by atoms with Crippen molar-refractivity contribution in [3.05, 3.63) is 64.4 Å². The van der Waals surface area contributed by atoms with Crippen molar-refractivity contribution in [1.82, 2.24) is 5.32 Å². The van der Waals surface area contributed by atoms with E-state index in [1.54, 1.807) is 0 Å². The van der Waals surface area contributed by atoms with Crippen LogP contribution in [0.4, 0.5) is 0 Å². The van der Waals surface area contributed by atoms with Gasteiger partial charge in [-0.25, -0.2) is 0 Å². The summed E-state index contributed by atoms with van der Waals surface area (Å²) in [4.78, 5) is 13.8. The number of benzene rings is 2. The molecule has 206 valence electrons. The van der Waals surface area contributed by atoms with Gasteiger partial charge in [0.15, 0.2) is 5.78 Å². The molecule has 3 rings (SSSR count). The van der Waals surface area contributed by atoms with Gasteiger partial charge in [-0.3, -0.25) is 4.79 Å². The number of hydrogen-bond donors (Lipinski definition) is 1. The fraction of sp³-hybridized carbons (Fsp3) is 0.531. The van der Waals surface area contributed by atoms with Crippen LogP contribution in [0.15, 0.2) is 40.8 Å². The number of hydrogen-bond acceptors (Lipinski definition) is 5. The molecule has 0 bridgehead atoms. The second-order valence-corrected chi connectivity index (χ2v) is 8.74. The Bertz CT molecular complexity index is 1060. The smallest absolute Gasteiger partial charge is 0.197 e. The average Bonchev–Trinajstić information content (AvgIpc) is 3.26. The number of para-hydroxylation sites is 1. The van der Waals surface area contributed by atoms with E-state index < -0.39 is 0 Å². The average molecular weight is 512 g/mol. The minimum atomic E-state index is -0.0527. The molecule has 5 heteroatoms. The highest BCUT2D eigenvalue weighted by molar-refractivity contribution is 6.17. The van der Waals surface area contributed by atoms with Crippen LogP contribution in [0.5, 0.6) is 5.75 Å². The van der Waals surface area contributed by atoms with Gasteiger partial charge >= 0.3 is 0 Å². The molecule has 2 atom stereocenters. The number of furan rings is 1. The van der Waals surface area contributed by atoms with Crippen molar-refractivity contribution in [2.75, 3.05) is 19.7 Å². The third-order valence-corrected chi connectivity index (χ3v) is 5.91. The van der Waals surface area contributed by atoms with Gasteiger partial charge in [0.2, 0.25) is 0 Å². The zero-order valence-corrected chi connectivity index (χ0v) is 24.8. The second-order valence-electron chi connectivity index (χ2n) is 8.74. The summed E-state index contributed by atoms with van der Waals surface area (Å²) in [7, 11) is 0. The van der Waals surface area contributed by atoms with Gasteiger partial charge in [0.05, 0.1) is 17.8 Å². The quantitative estimate of drug-likeness (QED) is 0.197. The fourth-order valence-electron chi connectivity index (χ4n) is 4.15. The minimum absolute atomic E-state index is 0.0314. The number of carbonyl (C=O) groups excluding carboxylic acids is 1. The Morgan fingerprint density at radius 1 is 0.973 bits per heavy atom. The Morgan fingerprint density at radius 2 is 1.59 bits per heavy atom. The van der Waals surface area contributed by atoms with Crippen molar-refractivity contribution in [1.29, 1.82) is 0 Å². The number of ketones is 1. The summed E-state index contributed by atoms with van der Waals surface area (Å²) in [5.74, 6) is 1.49. The minimum Gasteiger partial charge on any atom is -0.492 e. The van der Waals surface area contributed by atoms with Gasteiger partial charge in [-0.2, -0.15) is 0 Å². The number of aryl methyl sites for hydroxylation is 2. The first-order valence-electron chi connectivity index (χ1n) is 14.0. The van der Waals surface area contributed by atoms with Gasteiger partial charge in [0.1, 0.15) is 23.7 Å². The van der Waals surface area contributed by atoms with Crippen molar-refractivity contribution in [3.8, 4) is 5.75 Å². The van der Waals surface area contributed by atoms with Crippen LogP contribution < -0.4 is 10.1 Å². The molecule has 37 heavy (non-hydrogen) atoms. The lowest BCUT2D eigenvalue weighted by atomic mass is 9.95. The molecular formula is C32H49NO4. The molecule has 1 aromatic heterocycles. The van der Waals surface area contributed by atoms with E-state index >= 15 is 0 Å². The predicted octanol–water partition coefficient (Wildman–Crippen LogP) is 8.07. The summed E-state index contributed by atoms with van der Waals surface area (Å²) in [6, 6.07) is 11.6. The first kappa shape index (κ1) is 32.4. The number of fused-ring (bicyclic) bond motifs is 1. The van der Waals surface area contributed by atoms with E-state index in [0.717, 1.165) is 47.4 Å². The maximum absolute atomic E-state index is 13.8. The van der Waals surface area contributed by atoms with Crippen LogP contribution in [-0.4, -0.2) is 37.7 Å². The van der Waals surface area contributed by atoms with Gasteiger partial charge in [0.25, 0.3) is 0 Å². The van der Waals surface area contributed by atoms with Crippen molar-refractivity contribution < 1.29 is 18.7 Å². The maximum Gasteiger partial charge on any atom is 0.197 e. The first-order chi connectivity index (χ1) is 17.8. The molecule has 0 amide bonds. The first-order valence-corrected chi connectivity index (χ1v) is 14.0. The van der Waals surface area contributed by atoms with Crippen LogP contribution in [-0.2, 0) is 11.2 Å². The van der Waals surface area contributed by atoms with Crippen molar-refractivity contribution in [2.24, 2.45) is 0 Å². The molecule has 0 saturated heterocycles. The largest absolute Gasteiger partial charge is 0.492 e. The Labute approximate surface area is 224 Å². The second kappa shape index (κ2) is 17.0. The van der Waals surface area contributed by atoms with E-state index in [9.17, 15) is 4.79 Å². The molecule has 0 fully saturated rings. The normalized spacial score (nSPS) is 12.2. The summed E-state index contributed by atoms with van der Waals surface area (Å²) in [6.45, 7) is 22.5. The van der Waals surface area contributed by atoms with Gasteiger partial charge in [-0.05, 0) is 70.0 Å². The highest BCUT2D eigenvalue weighted by Gasteiger charge is 2.25. The zero-order valence-electron chi connectivity index (χ0n) is 24.8. The Morgan fingerprint density at radius 3 is 2.19 bits per heavy atom. The summed E-state index contributed by atoms with van der Waals surface area (Å²) in [5.41, 5.74) is 3.91. The molecule has 0 radical (unpaired) electrons. The standard InChI is InChI=1S/C28H37NO4.2C2H6/c1-7-20(5)32-21(6)17-25-26(23-11-9-10-12-24(23)33-25)27(30)22-15-18(3)28(19(4)16-22)31-14-13-29-8-2;2*1-2/h9-12,15-16,20-21,29H,7-8,13-14,17H2,1-6H3;2*1-2H3/t20-,21?;;/m0../s1. The third kappa shape index (κ3) is 9.01. The van der Waals surface area contributed by atoms with Gasteiger partial charge in [0, 0.05) is 23.9 Å². The molecule has 0 aliphatic heterocycles. The van der Waals surface area contributed by atoms with Crippen molar-refractivity contribution in [2.45, 2.75) is 94.3 Å². The lowest BCUT2D eigenvalue weighted by Crippen LogP contribution is -2.21. The van der Waals surface area contributed by atoms with Crippen LogP contribution in [0, 0.1) is 13.8 Å². The Kier molecular flexibility index (Phi) is 14.9. The number of carbonyl (C=O) groups is 1. The van der Waals surface area contributed by atoms with Gasteiger partial charge in [-0.1, -0.05) is 59.7 Å². The summed E-state index contributed by atoms with van der Waals surface area (Å²) >= 11 is 0. The molecule has 1 heterocycles. The molecule has 0 aliphatic carbocycles. The van der Waals surface area contributed by atoms with Crippen LogP contribution >= 0.6 is 0 Å². The lowest BCUT2D eigenvalue weighted by molar-refractivity contribution is 0.00501. The maximum atomic E-state index is 13.8. The van der Waals surface area contributed by atoms with E-state index in [2.05, 4.69) is 26.1 Å². The number of ether oxygens (including phenoxy) is 2. The molecule has 1 N–H and O–H groups in total. The highest BCUT2D eigenvalue weighted by Crippen LogP contribution is 2.32. The van der Waals surface area contributed by atoms with E-state index in [0.29, 0.717) is 29.9 Å². The van der Waals surface area contributed by atoms with Crippen molar-refractivity contribution >= 4 is 16.8 Å². The van der Waals surface area contributed by atoms with Gasteiger partial charge < -0.3 is 19.2 Å². The highest BCUT2D eigenvalue weighted by atomic mass is 16.5. The topological polar surface area (TPSA) is 60.7 Å². The lowest BCUT2D eigenvalue weighted by Gasteiger charge is -2.17. The van der Waals surface area contributed by atoms with Crippen LogP contribution in [0.3, 0.4) is 0 Å². The zero-order chi connectivity index (χ0) is 28.0. The molecule has 1 unspecified atom stereocenters. The molecule has 5 nitrogen and oxygen atoms in total. The fourth-order valence-corrected chi connectivity index (χ4v) is 4.15. The molecule has 2 aromatic carbocycles. The molecule has 0 aliphatic rings. The van der Waals surface area contributed by atoms with Crippen LogP contribution in [0.1, 0.15) is 94.6 Å². The number of nitrogens with one attached hydrogen (secondary N) is 1. The summed E-state index contributed by atoms with van der Waals surface area (Å²) in [5, 5.41) is 4.10. The van der Waals surface area contributed by atoms with Crippen LogP contribution in [0.25, 0.3) is 11.0 Å². The molecule has 3 aromatic rings. The van der Waals surface area contributed by atoms with E-state index in [1.165, 1.54) is 0 Å². The summed E-state index contributed by atoms with van der Waals surface area (Å²) < 4.78 is 18.2. The van der Waals surface area contributed by atoms with Crippen molar-refractivity contribution in [3.63, 3.8) is 0 Å². The van der Waals surface area contributed by atoms with E-state index in [1.807, 2.05) is 84.9 Å². The third-order valence-electron chi connectivity index (χ3n) is 5.91. The number of rotatable bonds is 12. The van der Waals surface area contributed by atoms with E-state index in [-0.39, 0.29) is 18.0 Å². The molecule has 0 saturated carbocycles. The Balaban J connectivity index is 0.00000163. The van der Waals surface area contributed by atoms with E-state index in [4.69, 9.17) is 13.9 Å². The van der Waals surface area contributed by atoms with Crippen LogP contribution in [0.2, 0.25) is 0 Å². The SMILES string of the molecule is CC.CC.CCNCCOc1c(C)cc(C(=O)c2c(CC(C)O[C@@H](C)CC)oc3ccccc23)cc1C. The van der Waals surface area contributed by atoms with Gasteiger partial charge in [-0.15, -0.1) is 0 Å². The monoisotopic (exact) mass is 511 g/mol. The molecular weight excluding hydrogens is 462 g/mol.